The Balaban J connectivity index is 0. The average molecular weight is 265 g/mol. The summed E-state index contributed by atoms with van der Waals surface area (Å²) >= 11 is 0. The Hall–Kier alpha value is -0.350. The van der Waals surface area contributed by atoms with Crippen LogP contribution < -0.4 is 22.3 Å². The van der Waals surface area contributed by atoms with Crippen LogP contribution in [-0.2, 0) is 4.79 Å². The fraction of sp³-hybridized carbons (Fsp3) is 0.700. The standard InChI is InChI=1S/C10H20N2O.BrH/c1-5-10(13)11-8-7-9-12(3,4)6-2;/h5H,1,6-9H2,2-4H3;1H. The molecule has 0 aliphatic carbocycles. The highest BCUT2D eigenvalue weighted by Gasteiger charge is 2.10. The number of nitrogens with zero attached hydrogens (tertiary/aromatic N) is 1. The maximum Gasteiger partial charge on any atom is 0.243 e. The van der Waals surface area contributed by atoms with Gasteiger partial charge in [0, 0.05) is 13.0 Å². The van der Waals surface area contributed by atoms with Gasteiger partial charge in [0.1, 0.15) is 0 Å². The number of hydrogen-bond donors (Lipinski definition) is 1. The number of carbonyl (C=O) groups is 1. The van der Waals surface area contributed by atoms with Gasteiger partial charge in [0.05, 0.1) is 27.2 Å². The summed E-state index contributed by atoms with van der Waals surface area (Å²) in [5.74, 6) is -0.0817. The molecule has 0 rings (SSSR count). The van der Waals surface area contributed by atoms with Crippen molar-refractivity contribution in [1.82, 2.24) is 5.32 Å². The zero-order valence-corrected chi connectivity index (χ0v) is 10.9. The molecule has 0 saturated heterocycles. The molecule has 1 N–H and O–H groups in total. The third-order valence-electron chi connectivity index (χ3n) is 2.28. The minimum absolute atomic E-state index is 0. The highest BCUT2D eigenvalue weighted by atomic mass is 79.9. The zero-order chi connectivity index (χ0) is 10.3. The summed E-state index contributed by atoms with van der Waals surface area (Å²) in [6.45, 7) is 8.51. The first-order valence-electron chi connectivity index (χ1n) is 4.74. The van der Waals surface area contributed by atoms with Crippen molar-refractivity contribution in [3.05, 3.63) is 12.7 Å². The molecule has 14 heavy (non-hydrogen) atoms. The summed E-state index contributed by atoms with van der Waals surface area (Å²) in [5, 5.41) is 2.76. The van der Waals surface area contributed by atoms with Gasteiger partial charge >= 0.3 is 0 Å². The van der Waals surface area contributed by atoms with E-state index in [0.717, 1.165) is 30.5 Å². The maximum absolute atomic E-state index is 10.8. The topological polar surface area (TPSA) is 29.1 Å². The fourth-order valence-corrected chi connectivity index (χ4v) is 0.949. The molecular weight excluding hydrogens is 244 g/mol. The van der Waals surface area contributed by atoms with Gasteiger partial charge in [-0.25, -0.2) is 0 Å². The SMILES string of the molecule is C=CC(=O)NCCC[N+](C)(C)CC.[Br-]. The minimum atomic E-state index is -0.0817. The number of carbonyl (C=O) groups excluding carboxylic acids is 1. The first kappa shape index (κ1) is 16.1. The van der Waals surface area contributed by atoms with Gasteiger partial charge in [0.2, 0.25) is 5.91 Å². The first-order valence-corrected chi connectivity index (χ1v) is 4.74. The van der Waals surface area contributed by atoms with Gasteiger partial charge < -0.3 is 26.8 Å². The molecule has 4 heteroatoms. The van der Waals surface area contributed by atoms with Crippen LogP contribution in [0.5, 0.6) is 0 Å². The summed E-state index contributed by atoms with van der Waals surface area (Å²) < 4.78 is 1.00. The van der Waals surface area contributed by atoms with Gasteiger partial charge in [0.25, 0.3) is 0 Å². The van der Waals surface area contributed by atoms with E-state index in [9.17, 15) is 4.79 Å². The Bertz CT molecular complexity index is 181. The molecular formula is C10H21BrN2O. The van der Waals surface area contributed by atoms with Crippen LogP contribution in [0.15, 0.2) is 12.7 Å². The van der Waals surface area contributed by atoms with E-state index in [-0.39, 0.29) is 22.9 Å². The molecule has 0 saturated carbocycles. The summed E-state index contributed by atoms with van der Waals surface area (Å²) in [7, 11) is 4.38. The van der Waals surface area contributed by atoms with Gasteiger partial charge in [-0.2, -0.15) is 0 Å². The third kappa shape index (κ3) is 8.26. The summed E-state index contributed by atoms with van der Waals surface area (Å²) in [4.78, 5) is 10.8. The van der Waals surface area contributed by atoms with E-state index in [1.54, 1.807) is 0 Å². The number of amides is 1. The third-order valence-corrected chi connectivity index (χ3v) is 2.28. The van der Waals surface area contributed by atoms with E-state index < -0.39 is 0 Å². The predicted molar refractivity (Wildman–Crippen MR) is 55.3 cm³/mol. The Labute approximate surface area is 97.5 Å². The van der Waals surface area contributed by atoms with Crippen LogP contribution in [0.25, 0.3) is 0 Å². The Morgan fingerprint density at radius 2 is 2.07 bits per heavy atom. The van der Waals surface area contributed by atoms with Crippen molar-refractivity contribution in [3.63, 3.8) is 0 Å². The molecule has 0 bridgehead atoms. The Morgan fingerprint density at radius 1 is 1.50 bits per heavy atom. The van der Waals surface area contributed by atoms with Crippen LogP contribution in [0, 0.1) is 0 Å². The molecule has 0 aromatic rings. The van der Waals surface area contributed by atoms with Crippen LogP contribution in [0.3, 0.4) is 0 Å². The van der Waals surface area contributed by atoms with Crippen molar-refractivity contribution in [2.24, 2.45) is 0 Å². The number of quaternary nitrogens is 1. The Kier molecular flexibility index (Phi) is 9.20. The molecule has 0 atom stereocenters. The van der Waals surface area contributed by atoms with Crippen molar-refractivity contribution < 1.29 is 26.3 Å². The van der Waals surface area contributed by atoms with Crippen molar-refractivity contribution in [3.8, 4) is 0 Å². The van der Waals surface area contributed by atoms with Gasteiger partial charge in [-0.05, 0) is 13.0 Å². The van der Waals surface area contributed by atoms with Crippen molar-refractivity contribution in [1.29, 1.82) is 0 Å². The lowest BCUT2D eigenvalue weighted by Crippen LogP contribution is -3.00. The van der Waals surface area contributed by atoms with Crippen LogP contribution >= 0.6 is 0 Å². The molecule has 0 aromatic carbocycles. The molecule has 84 valence electrons. The summed E-state index contributed by atoms with van der Waals surface area (Å²) in [5.41, 5.74) is 0. The molecule has 0 spiro atoms. The van der Waals surface area contributed by atoms with Crippen LogP contribution in [0.1, 0.15) is 13.3 Å². The van der Waals surface area contributed by atoms with Gasteiger partial charge in [0.15, 0.2) is 0 Å². The van der Waals surface area contributed by atoms with Gasteiger partial charge in [-0.1, -0.05) is 6.58 Å². The number of hydrogen-bond acceptors (Lipinski definition) is 1. The van der Waals surface area contributed by atoms with Gasteiger partial charge in [-0.15, -0.1) is 0 Å². The number of nitrogens with one attached hydrogen (secondary N) is 1. The molecule has 1 amide bonds. The maximum atomic E-state index is 10.8. The van der Waals surface area contributed by atoms with Crippen molar-refractivity contribution >= 4 is 5.91 Å². The van der Waals surface area contributed by atoms with Crippen LogP contribution in [0.4, 0.5) is 0 Å². The Morgan fingerprint density at radius 3 is 2.50 bits per heavy atom. The predicted octanol–water partition coefficient (Wildman–Crippen LogP) is -2.22. The van der Waals surface area contributed by atoms with E-state index in [1.165, 1.54) is 6.08 Å². The zero-order valence-electron chi connectivity index (χ0n) is 9.35. The molecule has 0 aromatic heterocycles. The second kappa shape index (κ2) is 8.00. The monoisotopic (exact) mass is 264 g/mol. The van der Waals surface area contributed by atoms with E-state index in [0.29, 0.717) is 0 Å². The lowest BCUT2D eigenvalue weighted by atomic mass is 10.3. The molecule has 0 heterocycles. The highest BCUT2D eigenvalue weighted by molar-refractivity contribution is 5.86. The smallest absolute Gasteiger partial charge is 0.243 e. The normalized spacial score (nSPS) is 10.2. The number of rotatable bonds is 6. The van der Waals surface area contributed by atoms with Crippen molar-refractivity contribution in [2.45, 2.75) is 13.3 Å². The molecule has 0 aliphatic rings. The molecule has 0 unspecified atom stereocenters. The largest absolute Gasteiger partial charge is 1.00 e. The van der Waals surface area contributed by atoms with Crippen LogP contribution in [0.2, 0.25) is 0 Å². The second-order valence-electron chi connectivity index (χ2n) is 3.82. The van der Waals surface area contributed by atoms with E-state index in [2.05, 4.69) is 32.9 Å². The minimum Gasteiger partial charge on any atom is -1.00 e. The molecule has 0 aliphatic heterocycles. The molecule has 3 nitrogen and oxygen atoms in total. The van der Waals surface area contributed by atoms with Crippen molar-refractivity contribution in [2.75, 3.05) is 33.7 Å². The molecule has 0 radical (unpaired) electrons. The quantitative estimate of drug-likeness (QED) is 0.329. The molecule has 0 fully saturated rings. The van der Waals surface area contributed by atoms with E-state index >= 15 is 0 Å². The van der Waals surface area contributed by atoms with E-state index in [1.807, 2.05) is 0 Å². The van der Waals surface area contributed by atoms with E-state index in [4.69, 9.17) is 0 Å². The lowest BCUT2D eigenvalue weighted by Gasteiger charge is -2.28. The summed E-state index contributed by atoms with van der Waals surface area (Å²) in [6, 6.07) is 0. The highest BCUT2D eigenvalue weighted by Crippen LogP contribution is 1.96. The summed E-state index contributed by atoms with van der Waals surface area (Å²) in [6.07, 6.45) is 2.32. The van der Waals surface area contributed by atoms with Gasteiger partial charge in [-0.3, -0.25) is 4.79 Å². The second-order valence-corrected chi connectivity index (χ2v) is 3.82. The fourth-order valence-electron chi connectivity index (χ4n) is 0.949. The lowest BCUT2D eigenvalue weighted by molar-refractivity contribution is -0.888. The van der Waals surface area contributed by atoms with Crippen LogP contribution in [-0.4, -0.2) is 44.1 Å². The first-order chi connectivity index (χ1) is 6.02. The number of halogens is 1. The average Bonchev–Trinajstić information content (AvgIpc) is 2.12.